The Morgan fingerprint density at radius 3 is 2.49 bits per heavy atom. The van der Waals surface area contributed by atoms with Gasteiger partial charge in [0, 0.05) is 10.9 Å². The van der Waals surface area contributed by atoms with Gasteiger partial charge in [-0.15, -0.1) is 0 Å². The number of ether oxygens (including phenoxy) is 2. The summed E-state index contributed by atoms with van der Waals surface area (Å²) in [5.74, 6) is 0.558. The topological polar surface area (TPSA) is 81.8 Å². The van der Waals surface area contributed by atoms with E-state index < -0.39 is 5.97 Å². The van der Waals surface area contributed by atoms with Crippen LogP contribution in [0, 0.1) is 0 Å². The Labute approximate surface area is 209 Å². The lowest BCUT2D eigenvalue weighted by atomic mass is 10.0. The van der Waals surface area contributed by atoms with Gasteiger partial charge in [0.05, 0.1) is 24.7 Å². The lowest BCUT2D eigenvalue weighted by molar-refractivity contribution is -0.136. The summed E-state index contributed by atoms with van der Waals surface area (Å²) >= 11 is 6.21. The molecule has 0 aliphatic rings. The highest BCUT2D eigenvalue weighted by molar-refractivity contribution is 6.32. The molecule has 6 nitrogen and oxygen atoms in total. The number of halogens is 1. The van der Waals surface area contributed by atoms with E-state index in [-0.39, 0.29) is 6.42 Å². The highest BCUT2D eigenvalue weighted by Crippen LogP contribution is 2.32. The molecular weight excluding hydrogens is 466 g/mol. The fourth-order valence-electron chi connectivity index (χ4n) is 3.94. The number of benzene rings is 3. The number of carboxylic acid groups (broad SMARTS) is 1. The average molecular weight is 494 g/mol. The number of fused-ring (bicyclic) bond motifs is 1. The van der Waals surface area contributed by atoms with Gasteiger partial charge < -0.3 is 19.1 Å². The maximum atomic E-state index is 10.8. The Morgan fingerprint density at radius 2 is 1.74 bits per heavy atom. The van der Waals surface area contributed by atoms with Crippen molar-refractivity contribution in [3.8, 4) is 22.8 Å². The first-order chi connectivity index (χ1) is 17.0. The van der Waals surface area contributed by atoms with Gasteiger partial charge in [-0.3, -0.25) is 4.79 Å². The maximum Gasteiger partial charge on any atom is 0.307 e. The van der Waals surface area contributed by atoms with E-state index in [2.05, 4.69) is 18.1 Å². The Balaban J connectivity index is 1.30. The van der Waals surface area contributed by atoms with Crippen LogP contribution in [-0.4, -0.2) is 29.4 Å². The van der Waals surface area contributed by atoms with Crippen LogP contribution in [0.3, 0.4) is 0 Å². The molecule has 0 bridgehead atoms. The number of aromatic nitrogens is 1. The molecule has 0 spiro atoms. The van der Waals surface area contributed by atoms with E-state index in [0.717, 1.165) is 59.2 Å². The fourth-order valence-corrected chi connectivity index (χ4v) is 4.20. The summed E-state index contributed by atoms with van der Waals surface area (Å²) in [7, 11) is 0. The van der Waals surface area contributed by atoms with Gasteiger partial charge in [-0.2, -0.15) is 0 Å². The number of rotatable bonds is 12. The predicted molar refractivity (Wildman–Crippen MR) is 136 cm³/mol. The minimum absolute atomic E-state index is 0.0620. The van der Waals surface area contributed by atoms with Crippen LogP contribution in [-0.2, 0) is 17.6 Å². The summed E-state index contributed by atoms with van der Waals surface area (Å²) in [6.45, 7) is 3.23. The summed E-state index contributed by atoms with van der Waals surface area (Å²) in [4.78, 5) is 10.8. The number of nitrogens with zero attached hydrogens (tertiary/aromatic N) is 1. The molecule has 0 unspecified atom stereocenters. The molecule has 35 heavy (non-hydrogen) atoms. The molecular formula is C28H28ClNO5. The zero-order valence-corrected chi connectivity index (χ0v) is 20.4. The van der Waals surface area contributed by atoms with Gasteiger partial charge >= 0.3 is 5.97 Å². The van der Waals surface area contributed by atoms with E-state index >= 15 is 0 Å². The molecule has 182 valence electrons. The van der Waals surface area contributed by atoms with Crippen molar-refractivity contribution in [3.63, 3.8) is 0 Å². The summed E-state index contributed by atoms with van der Waals surface area (Å²) in [5.41, 5.74) is 4.44. The second-order valence-corrected chi connectivity index (χ2v) is 8.75. The monoisotopic (exact) mass is 493 g/mol. The second kappa shape index (κ2) is 11.8. The normalized spacial score (nSPS) is 11.0. The van der Waals surface area contributed by atoms with Crippen LogP contribution < -0.4 is 9.47 Å². The number of unbranched alkanes of at least 4 members (excludes halogenated alkanes) is 1. The molecule has 0 aliphatic heterocycles. The van der Waals surface area contributed by atoms with Crippen molar-refractivity contribution < 1.29 is 23.9 Å². The van der Waals surface area contributed by atoms with E-state index in [9.17, 15) is 4.79 Å². The van der Waals surface area contributed by atoms with E-state index in [4.69, 9.17) is 30.7 Å². The van der Waals surface area contributed by atoms with Gasteiger partial charge in [0.15, 0.2) is 5.58 Å². The zero-order chi connectivity index (χ0) is 24.6. The van der Waals surface area contributed by atoms with E-state index in [1.807, 2.05) is 36.4 Å². The number of hydrogen-bond acceptors (Lipinski definition) is 5. The average Bonchev–Trinajstić information content (AvgIpc) is 3.27. The van der Waals surface area contributed by atoms with Crippen molar-refractivity contribution in [2.45, 2.75) is 39.0 Å². The highest BCUT2D eigenvalue weighted by Gasteiger charge is 2.13. The van der Waals surface area contributed by atoms with E-state index in [1.54, 1.807) is 18.2 Å². The molecule has 4 rings (SSSR count). The molecule has 1 heterocycles. The molecule has 4 aromatic rings. The Kier molecular flexibility index (Phi) is 8.27. The summed E-state index contributed by atoms with van der Waals surface area (Å²) in [6.07, 6.45) is 3.50. The number of para-hydroxylation sites is 1. The number of aliphatic carboxylic acids is 1. The first-order valence-electron chi connectivity index (χ1n) is 11.8. The van der Waals surface area contributed by atoms with E-state index in [0.29, 0.717) is 29.5 Å². The molecule has 0 atom stereocenters. The summed E-state index contributed by atoms with van der Waals surface area (Å²) < 4.78 is 17.3. The second-order valence-electron chi connectivity index (χ2n) is 8.34. The third-order valence-corrected chi connectivity index (χ3v) is 5.93. The third-order valence-electron chi connectivity index (χ3n) is 5.64. The van der Waals surface area contributed by atoms with Crippen LogP contribution >= 0.6 is 11.6 Å². The standard InChI is InChI=1S/C28H28ClNO5/c1-2-7-20-18-21(28-22-8-3-4-9-25(22)35-30-28)11-13-24(20)33-14-5-6-15-34-26-12-10-19(16-23(26)29)17-27(31)32/h3-4,8-13,16,18H,2,5-7,14-15,17H2,1H3,(H,31,32). The quantitative estimate of drug-likeness (QED) is 0.215. The molecule has 0 saturated heterocycles. The molecule has 0 radical (unpaired) electrons. The van der Waals surface area contributed by atoms with Crippen LogP contribution in [0.15, 0.2) is 65.2 Å². The van der Waals surface area contributed by atoms with Crippen molar-refractivity contribution in [2.24, 2.45) is 0 Å². The minimum atomic E-state index is -0.891. The van der Waals surface area contributed by atoms with Crippen LogP contribution in [0.1, 0.15) is 37.3 Å². The van der Waals surface area contributed by atoms with Gasteiger partial charge in [0.2, 0.25) is 0 Å². The van der Waals surface area contributed by atoms with Gasteiger partial charge in [-0.05, 0) is 72.9 Å². The lowest BCUT2D eigenvalue weighted by Gasteiger charge is -2.13. The Morgan fingerprint density at radius 1 is 1.00 bits per heavy atom. The van der Waals surface area contributed by atoms with Crippen LogP contribution in [0.25, 0.3) is 22.2 Å². The lowest BCUT2D eigenvalue weighted by Crippen LogP contribution is -2.05. The molecule has 0 saturated carbocycles. The van der Waals surface area contributed by atoms with Gasteiger partial charge in [-0.1, -0.05) is 48.3 Å². The Bertz CT molecular complexity index is 1300. The SMILES string of the molecule is CCCc1cc(-c2noc3ccccc23)ccc1OCCCCOc1ccc(CC(=O)O)cc1Cl. The number of hydrogen-bond donors (Lipinski definition) is 1. The van der Waals surface area contributed by atoms with E-state index in [1.165, 1.54) is 0 Å². The molecule has 0 aliphatic carbocycles. The van der Waals surface area contributed by atoms with Crippen molar-refractivity contribution in [1.29, 1.82) is 0 Å². The van der Waals surface area contributed by atoms with Gasteiger partial charge in [0.25, 0.3) is 0 Å². The van der Waals surface area contributed by atoms with Crippen LogP contribution in [0.2, 0.25) is 5.02 Å². The first kappa shape index (κ1) is 24.6. The Hall–Kier alpha value is -3.51. The number of carboxylic acids is 1. The van der Waals surface area contributed by atoms with Crippen LogP contribution in [0.4, 0.5) is 0 Å². The van der Waals surface area contributed by atoms with Gasteiger partial charge in [-0.25, -0.2) is 0 Å². The first-order valence-corrected chi connectivity index (χ1v) is 12.2. The smallest absolute Gasteiger partial charge is 0.307 e. The minimum Gasteiger partial charge on any atom is -0.493 e. The highest BCUT2D eigenvalue weighted by atomic mass is 35.5. The molecule has 1 aromatic heterocycles. The molecule has 0 fully saturated rings. The molecule has 0 amide bonds. The maximum absolute atomic E-state index is 10.8. The van der Waals surface area contributed by atoms with Crippen LogP contribution in [0.5, 0.6) is 11.5 Å². The molecule has 3 aromatic carbocycles. The summed E-state index contributed by atoms with van der Waals surface area (Å²) in [6, 6.07) is 19.1. The predicted octanol–water partition coefficient (Wildman–Crippen LogP) is 6.97. The third kappa shape index (κ3) is 6.34. The number of aryl methyl sites for hydroxylation is 1. The molecule has 1 N–H and O–H groups in total. The van der Waals surface area contributed by atoms with Crippen molar-refractivity contribution in [3.05, 3.63) is 76.8 Å². The fraction of sp³-hybridized carbons (Fsp3) is 0.286. The van der Waals surface area contributed by atoms with Gasteiger partial charge in [0.1, 0.15) is 17.2 Å². The summed E-state index contributed by atoms with van der Waals surface area (Å²) in [5, 5.41) is 14.6. The van der Waals surface area contributed by atoms with Crippen molar-refractivity contribution >= 4 is 28.5 Å². The molecule has 7 heteroatoms. The largest absolute Gasteiger partial charge is 0.493 e. The zero-order valence-electron chi connectivity index (χ0n) is 19.6. The van der Waals surface area contributed by atoms with Crippen molar-refractivity contribution in [1.82, 2.24) is 5.16 Å². The van der Waals surface area contributed by atoms with Crippen molar-refractivity contribution in [2.75, 3.05) is 13.2 Å². The number of carbonyl (C=O) groups is 1.